The van der Waals surface area contributed by atoms with Crippen molar-refractivity contribution in [2.75, 3.05) is 13.1 Å². The number of hydrogen-bond acceptors (Lipinski definition) is 2. The van der Waals surface area contributed by atoms with E-state index in [9.17, 15) is 9.59 Å². The summed E-state index contributed by atoms with van der Waals surface area (Å²) in [7, 11) is 0. The minimum Gasteiger partial charge on any atom is -0.331 e. The second-order valence-corrected chi connectivity index (χ2v) is 4.63. The van der Waals surface area contributed by atoms with Gasteiger partial charge in [-0.2, -0.15) is 0 Å². The minimum absolute atomic E-state index is 0.00333. The van der Waals surface area contributed by atoms with Crippen LogP contribution in [-0.4, -0.2) is 29.7 Å². The van der Waals surface area contributed by atoms with Crippen molar-refractivity contribution in [1.82, 2.24) is 4.90 Å². The summed E-state index contributed by atoms with van der Waals surface area (Å²) < 4.78 is 0. The van der Waals surface area contributed by atoms with E-state index in [-0.39, 0.29) is 18.2 Å². The molecule has 17 heavy (non-hydrogen) atoms. The van der Waals surface area contributed by atoms with E-state index < -0.39 is 0 Å². The number of rotatable bonds is 2. The van der Waals surface area contributed by atoms with Crippen LogP contribution in [0.5, 0.6) is 0 Å². The zero-order chi connectivity index (χ0) is 12.4. The highest BCUT2D eigenvalue weighted by molar-refractivity contribution is 5.98. The molecule has 0 atom stereocenters. The number of carbonyl (C=O) groups is 2. The predicted octanol–water partition coefficient (Wildman–Crippen LogP) is 1.97. The second kappa shape index (κ2) is 4.70. The summed E-state index contributed by atoms with van der Waals surface area (Å²) in [6, 6.07) is 5.80. The number of benzene rings is 1. The third-order valence-corrected chi connectivity index (χ3v) is 3.20. The molecule has 0 aromatic heterocycles. The first-order valence-corrected chi connectivity index (χ1v) is 5.97. The maximum absolute atomic E-state index is 12.3. The lowest BCUT2D eigenvalue weighted by Gasteiger charge is -2.19. The third kappa shape index (κ3) is 2.38. The second-order valence-electron chi connectivity index (χ2n) is 4.63. The molecule has 3 nitrogen and oxygen atoms in total. The smallest absolute Gasteiger partial charge is 0.254 e. The van der Waals surface area contributed by atoms with E-state index in [1.165, 1.54) is 12.5 Å². The fraction of sp³-hybridized carbons (Fsp3) is 0.429. The van der Waals surface area contributed by atoms with Gasteiger partial charge in [0, 0.05) is 12.1 Å². The normalized spacial score (nSPS) is 15.4. The molecular formula is C14H17NO2. The molecule has 90 valence electrons. The van der Waals surface area contributed by atoms with Crippen molar-refractivity contribution in [2.24, 2.45) is 0 Å². The SMILES string of the molecule is CC(=O)CN1CCCc2c(C)cccc2C1=O. The van der Waals surface area contributed by atoms with E-state index in [0.29, 0.717) is 6.54 Å². The van der Waals surface area contributed by atoms with Crippen molar-refractivity contribution < 1.29 is 9.59 Å². The Morgan fingerprint density at radius 2 is 2.18 bits per heavy atom. The molecule has 1 amide bonds. The number of fused-ring (bicyclic) bond motifs is 1. The molecule has 1 aromatic rings. The number of carbonyl (C=O) groups excluding carboxylic acids is 2. The first kappa shape index (κ1) is 11.8. The number of ketones is 1. The molecule has 3 heteroatoms. The van der Waals surface area contributed by atoms with Gasteiger partial charge in [-0.1, -0.05) is 12.1 Å². The Bertz CT molecular complexity index is 465. The molecule has 0 saturated carbocycles. The Hall–Kier alpha value is -1.64. The first-order valence-electron chi connectivity index (χ1n) is 5.97. The zero-order valence-electron chi connectivity index (χ0n) is 10.3. The summed E-state index contributed by atoms with van der Waals surface area (Å²) in [5, 5.41) is 0. The Kier molecular flexibility index (Phi) is 3.27. The average molecular weight is 231 g/mol. The van der Waals surface area contributed by atoms with Crippen LogP contribution in [-0.2, 0) is 11.2 Å². The molecule has 0 saturated heterocycles. The van der Waals surface area contributed by atoms with E-state index >= 15 is 0 Å². The fourth-order valence-electron chi connectivity index (χ4n) is 2.37. The lowest BCUT2D eigenvalue weighted by atomic mass is 9.98. The van der Waals surface area contributed by atoms with Crippen LogP contribution in [0.4, 0.5) is 0 Å². The van der Waals surface area contributed by atoms with Crippen LogP contribution in [0, 0.1) is 6.92 Å². The van der Waals surface area contributed by atoms with Gasteiger partial charge in [0.2, 0.25) is 0 Å². The van der Waals surface area contributed by atoms with Gasteiger partial charge in [0.15, 0.2) is 0 Å². The monoisotopic (exact) mass is 231 g/mol. The van der Waals surface area contributed by atoms with Crippen LogP contribution >= 0.6 is 0 Å². The molecular weight excluding hydrogens is 214 g/mol. The molecule has 0 unspecified atom stereocenters. The Morgan fingerprint density at radius 3 is 2.88 bits per heavy atom. The number of aryl methyl sites for hydroxylation is 1. The predicted molar refractivity (Wildman–Crippen MR) is 66.1 cm³/mol. The quantitative estimate of drug-likeness (QED) is 0.780. The molecule has 0 spiro atoms. The summed E-state index contributed by atoms with van der Waals surface area (Å²) >= 11 is 0. The molecule has 0 radical (unpaired) electrons. The molecule has 1 aliphatic rings. The number of nitrogens with zero attached hydrogens (tertiary/aromatic N) is 1. The van der Waals surface area contributed by atoms with E-state index in [2.05, 4.69) is 0 Å². The fourth-order valence-corrected chi connectivity index (χ4v) is 2.37. The summed E-state index contributed by atoms with van der Waals surface area (Å²) in [4.78, 5) is 25.1. The molecule has 2 rings (SSSR count). The largest absolute Gasteiger partial charge is 0.331 e. The molecule has 1 aliphatic heterocycles. The molecule has 1 aromatic carbocycles. The highest BCUT2D eigenvalue weighted by atomic mass is 16.2. The van der Waals surface area contributed by atoms with Gasteiger partial charge < -0.3 is 4.90 Å². The number of amides is 1. The van der Waals surface area contributed by atoms with Crippen molar-refractivity contribution in [1.29, 1.82) is 0 Å². The van der Waals surface area contributed by atoms with Crippen molar-refractivity contribution in [3.8, 4) is 0 Å². The summed E-state index contributed by atoms with van der Waals surface area (Å²) in [5.41, 5.74) is 3.08. The van der Waals surface area contributed by atoms with Gasteiger partial charge in [0.05, 0.1) is 6.54 Å². The van der Waals surface area contributed by atoms with Crippen molar-refractivity contribution >= 4 is 11.7 Å². The highest BCUT2D eigenvalue weighted by Gasteiger charge is 2.23. The van der Waals surface area contributed by atoms with Crippen LogP contribution in [0.2, 0.25) is 0 Å². The zero-order valence-corrected chi connectivity index (χ0v) is 10.3. The van der Waals surface area contributed by atoms with E-state index in [4.69, 9.17) is 0 Å². The van der Waals surface area contributed by atoms with Gasteiger partial charge in [-0.05, 0) is 43.9 Å². The van der Waals surface area contributed by atoms with E-state index in [0.717, 1.165) is 24.0 Å². The third-order valence-electron chi connectivity index (χ3n) is 3.20. The Labute approximate surface area is 101 Å². The van der Waals surface area contributed by atoms with Gasteiger partial charge in [0.25, 0.3) is 5.91 Å². The van der Waals surface area contributed by atoms with Crippen LogP contribution in [0.3, 0.4) is 0 Å². The van der Waals surface area contributed by atoms with Gasteiger partial charge in [-0.3, -0.25) is 9.59 Å². The lowest BCUT2D eigenvalue weighted by molar-refractivity contribution is -0.117. The highest BCUT2D eigenvalue weighted by Crippen LogP contribution is 2.21. The van der Waals surface area contributed by atoms with E-state index in [1.54, 1.807) is 4.90 Å². The van der Waals surface area contributed by atoms with Gasteiger partial charge in [0.1, 0.15) is 5.78 Å². The van der Waals surface area contributed by atoms with E-state index in [1.807, 2.05) is 25.1 Å². The molecule has 1 heterocycles. The van der Waals surface area contributed by atoms with Gasteiger partial charge in [-0.25, -0.2) is 0 Å². The van der Waals surface area contributed by atoms with Crippen LogP contribution in [0.15, 0.2) is 18.2 Å². The number of Topliss-reactive ketones (excluding diaryl/α,β-unsaturated/α-hetero) is 1. The van der Waals surface area contributed by atoms with Crippen molar-refractivity contribution in [2.45, 2.75) is 26.7 Å². The van der Waals surface area contributed by atoms with Crippen LogP contribution in [0.25, 0.3) is 0 Å². The average Bonchev–Trinajstić information content (AvgIpc) is 2.41. The molecule has 0 aliphatic carbocycles. The summed E-state index contributed by atoms with van der Waals surface area (Å²) in [6.07, 6.45) is 1.85. The maximum Gasteiger partial charge on any atom is 0.254 e. The number of hydrogen-bond donors (Lipinski definition) is 0. The van der Waals surface area contributed by atoms with Crippen molar-refractivity contribution in [3.63, 3.8) is 0 Å². The van der Waals surface area contributed by atoms with Gasteiger partial charge in [-0.15, -0.1) is 0 Å². The minimum atomic E-state index is -0.00333. The molecule has 0 bridgehead atoms. The Morgan fingerprint density at radius 1 is 1.41 bits per heavy atom. The van der Waals surface area contributed by atoms with Gasteiger partial charge >= 0.3 is 0 Å². The topological polar surface area (TPSA) is 37.4 Å². The standard InChI is InChI=1S/C14H17NO2/c1-10-5-3-6-13-12(10)7-4-8-15(14(13)17)9-11(2)16/h3,5-6H,4,7-9H2,1-2H3. The molecule has 0 fully saturated rings. The van der Waals surface area contributed by atoms with Crippen LogP contribution in [0.1, 0.15) is 34.8 Å². The maximum atomic E-state index is 12.3. The first-order chi connectivity index (χ1) is 8.09. The molecule has 0 N–H and O–H groups in total. The lowest BCUT2D eigenvalue weighted by Crippen LogP contribution is -2.34. The summed E-state index contributed by atoms with van der Waals surface area (Å²) in [5.74, 6) is 0.0332. The van der Waals surface area contributed by atoms with Crippen LogP contribution < -0.4 is 0 Å². The summed E-state index contributed by atoms with van der Waals surface area (Å²) in [6.45, 7) is 4.46. The van der Waals surface area contributed by atoms with Crippen molar-refractivity contribution in [3.05, 3.63) is 34.9 Å². The Balaban J connectivity index is 2.36.